The Morgan fingerprint density at radius 2 is 1.80 bits per heavy atom. The van der Waals surface area contributed by atoms with Crippen molar-refractivity contribution in [2.24, 2.45) is 5.92 Å². The van der Waals surface area contributed by atoms with E-state index in [1.807, 2.05) is 31.1 Å². The van der Waals surface area contributed by atoms with Crippen LogP contribution in [0.25, 0.3) is 0 Å². The van der Waals surface area contributed by atoms with Crippen LogP contribution in [0.2, 0.25) is 0 Å². The van der Waals surface area contributed by atoms with Gasteiger partial charge in [-0.05, 0) is 0 Å². The van der Waals surface area contributed by atoms with E-state index in [9.17, 15) is 0 Å². The molecule has 0 fully saturated rings. The molecule has 0 amide bonds. The molecule has 0 radical (unpaired) electrons. The van der Waals surface area contributed by atoms with E-state index in [0.717, 1.165) is 4.99 Å². The lowest BCUT2D eigenvalue weighted by atomic mass is 10.2. The fraction of sp³-hybridized carbons (Fsp3) is 0.375. The zero-order valence-electron chi connectivity index (χ0n) is 6.24. The molecule has 1 aliphatic rings. The van der Waals surface area contributed by atoms with Crippen LogP contribution in [0.3, 0.4) is 0 Å². The Morgan fingerprint density at radius 3 is 2.20 bits per heavy atom. The highest BCUT2D eigenvalue weighted by molar-refractivity contribution is 7.80. The average Bonchev–Trinajstić information content (AvgIpc) is 2.36. The summed E-state index contributed by atoms with van der Waals surface area (Å²) in [6, 6.07) is 0. The summed E-state index contributed by atoms with van der Waals surface area (Å²) in [4.78, 5) is 2.95. The molecule has 0 bridgehead atoms. The summed E-state index contributed by atoms with van der Waals surface area (Å²) >= 11 is 5.16. The van der Waals surface area contributed by atoms with E-state index in [-0.39, 0.29) is 0 Å². The standard InChI is InChI=1S/C8H11NS/c1-9(2)8(10)7-5-3-4-6-7/h3-7H,1-2H3. The predicted octanol–water partition coefficient (Wildman–Crippen LogP) is 1.62. The lowest BCUT2D eigenvalue weighted by Crippen LogP contribution is -2.24. The average molecular weight is 153 g/mol. The van der Waals surface area contributed by atoms with Gasteiger partial charge in [-0.3, -0.25) is 0 Å². The quantitative estimate of drug-likeness (QED) is 0.527. The Bertz CT molecular complexity index is 179. The lowest BCUT2D eigenvalue weighted by Gasteiger charge is -2.16. The van der Waals surface area contributed by atoms with Gasteiger partial charge in [-0.1, -0.05) is 36.5 Å². The minimum absolute atomic E-state index is 0.352. The molecule has 0 heterocycles. The molecule has 0 aromatic rings. The van der Waals surface area contributed by atoms with Crippen molar-refractivity contribution in [3.8, 4) is 0 Å². The van der Waals surface area contributed by atoms with Gasteiger partial charge in [0, 0.05) is 20.0 Å². The van der Waals surface area contributed by atoms with Crippen molar-refractivity contribution in [2.45, 2.75) is 0 Å². The molecule has 1 rings (SSSR count). The van der Waals surface area contributed by atoms with Gasteiger partial charge in [0.25, 0.3) is 0 Å². The third-order valence-electron chi connectivity index (χ3n) is 1.47. The Balaban J connectivity index is 2.58. The van der Waals surface area contributed by atoms with E-state index in [2.05, 4.69) is 12.2 Å². The van der Waals surface area contributed by atoms with Gasteiger partial charge >= 0.3 is 0 Å². The topological polar surface area (TPSA) is 3.24 Å². The zero-order valence-corrected chi connectivity index (χ0v) is 7.06. The number of allylic oxidation sites excluding steroid dienone is 2. The van der Waals surface area contributed by atoms with Crippen molar-refractivity contribution < 1.29 is 0 Å². The summed E-state index contributed by atoms with van der Waals surface area (Å²) in [6.07, 6.45) is 8.26. The van der Waals surface area contributed by atoms with E-state index in [0.29, 0.717) is 5.92 Å². The van der Waals surface area contributed by atoms with Crippen molar-refractivity contribution in [2.75, 3.05) is 14.1 Å². The Hall–Kier alpha value is -0.630. The van der Waals surface area contributed by atoms with Crippen LogP contribution >= 0.6 is 12.2 Å². The highest BCUT2D eigenvalue weighted by Crippen LogP contribution is 2.11. The maximum Gasteiger partial charge on any atom is 0.0882 e. The first-order chi connectivity index (χ1) is 4.72. The minimum atomic E-state index is 0.352. The molecule has 0 spiro atoms. The predicted molar refractivity (Wildman–Crippen MR) is 48.1 cm³/mol. The van der Waals surface area contributed by atoms with Crippen LogP contribution in [-0.2, 0) is 0 Å². The lowest BCUT2D eigenvalue weighted by molar-refractivity contribution is 0.613. The first kappa shape index (κ1) is 7.48. The zero-order chi connectivity index (χ0) is 7.56. The van der Waals surface area contributed by atoms with Crippen LogP contribution in [0.1, 0.15) is 0 Å². The Labute approximate surface area is 67.0 Å². The highest BCUT2D eigenvalue weighted by atomic mass is 32.1. The second kappa shape index (κ2) is 2.97. The van der Waals surface area contributed by atoms with Gasteiger partial charge in [0.05, 0.1) is 4.99 Å². The normalized spacial score (nSPS) is 16.2. The molecule has 54 valence electrons. The summed E-state index contributed by atoms with van der Waals surface area (Å²) in [6.45, 7) is 0. The molecular weight excluding hydrogens is 142 g/mol. The van der Waals surface area contributed by atoms with Gasteiger partial charge in [-0.2, -0.15) is 0 Å². The SMILES string of the molecule is CN(C)C(=S)C1C=CC=C1. The van der Waals surface area contributed by atoms with E-state index < -0.39 is 0 Å². The van der Waals surface area contributed by atoms with Gasteiger partial charge in [0.15, 0.2) is 0 Å². The third-order valence-corrected chi connectivity index (χ3v) is 2.11. The number of hydrogen-bond donors (Lipinski definition) is 0. The van der Waals surface area contributed by atoms with Crippen LogP contribution in [-0.4, -0.2) is 24.0 Å². The van der Waals surface area contributed by atoms with Crippen molar-refractivity contribution in [1.82, 2.24) is 4.90 Å². The molecule has 2 heteroatoms. The van der Waals surface area contributed by atoms with E-state index in [1.54, 1.807) is 0 Å². The number of hydrogen-bond acceptors (Lipinski definition) is 1. The highest BCUT2D eigenvalue weighted by Gasteiger charge is 2.10. The first-order valence-electron chi connectivity index (χ1n) is 3.28. The van der Waals surface area contributed by atoms with E-state index >= 15 is 0 Å². The smallest absolute Gasteiger partial charge is 0.0882 e. The summed E-state index contributed by atoms with van der Waals surface area (Å²) in [5, 5.41) is 0. The molecule has 1 nitrogen and oxygen atoms in total. The molecule has 1 aliphatic carbocycles. The molecule has 0 saturated carbocycles. The van der Waals surface area contributed by atoms with Crippen LogP contribution in [0.15, 0.2) is 24.3 Å². The molecule has 0 atom stereocenters. The van der Waals surface area contributed by atoms with Gasteiger partial charge in [-0.25, -0.2) is 0 Å². The van der Waals surface area contributed by atoms with E-state index in [4.69, 9.17) is 12.2 Å². The molecule has 0 aromatic heterocycles. The van der Waals surface area contributed by atoms with E-state index in [1.165, 1.54) is 0 Å². The van der Waals surface area contributed by atoms with Gasteiger partial charge in [-0.15, -0.1) is 0 Å². The molecule has 0 N–H and O–H groups in total. The second-order valence-electron chi connectivity index (χ2n) is 2.53. The fourth-order valence-corrected chi connectivity index (χ4v) is 1.05. The van der Waals surface area contributed by atoms with Crippen LogP contribution in [0.4, 0.5) is 0 Å². The van der Waals surface area contributed by atoms with Crippen molar-refractivity contribution in [3.05, 3.63) is 24.3 Å². The number of thiocarbonyl (C=S) groups is 1. The Morgan fingerprint density at radius 1 is 1.30 bits per heavy atom. The molecule has 0 unspecified atom stereocenters. The van der Waals surface area contributed by atoms with Crippen molar-refractivity contribution in [1.29, 1.82) is 0 Å². The van der Waals surface area contributed by atoms with Crippen molar-refractivity contribution >= 4 is 17.2 Å². The minimum Gasteiger partial charge on any atom is -0.372 e. The molecule has 0 saturated heterocycles. The summed E-state index contributed by atoms with van der Waals surface area (Å²) in [7, 11) is 3.95. The number of nitrogens with zero attached hydrogens (tertiary/aromatic N) is 1. The third kappa shape index (κ3) is 1.45. The van der Waals surface area contributed by atoms with Crippen LogP contribution < -0.4 is 0 Å². The second-order valence-corrected chi connectivity index (χ2v) is 2.95. The maximum absolute atomic E-state index is 5.16. The molecule has 0 aromatic carbocycles. The van der Waals surface area contributed by atoms with Crippen LogP contribution in [0, 0.1) is 5.92 Å². The van der Waals surface area contributed by atoms with Crippen molar-refractivity contribution in [3.63, 3.8) is 0 Å². The summed E-state index contributed by atoms with van der Waals surface area (Å²) < 4.78 is 0. The summed E-state index contributed by atoms with van der Waals surface area (Å²) in [5.41, 5.74) is 0. The maximum atomic E-state index is 5.16. The number of rotatable bonds is 1. The molecular formula is C8H11NS. The van der Waals surface area contributed by atoms with Crippen LogP contribution in [0.5, 0.6) is 0 Å². The summed E-state index contributed by atoms with van der Waals surface area (Å²) in [5.74, 6) is 0.352. The Kier molecular flexibility index (Phi) is 2.22. The van der Waals surface area contributed by atoms with Gasteiger partial charge in [0.1, 0.15) is 0 Å². The molecule has 0 aliphatic heterocycles. The first-order valence-corrected chi connectivity index (χ1v) is 3.69. The largest absolute Gasteiger partial charge is 0.372 e. The van der Waals surface area contributed by atoms with Gasteiger partial charge < -0.3 is 4.90 Å². The monoisotopic (exact) mass is 153 g/mol. The molecule has 10 heavy (non-hydrogen) atoms. The fourth-order valence-electron chi connectivity index (χ4n) is 0.895. The van der Waals surface area contributed by atoms with Gasteiger partial charge in [0.2, 0.25) is 0 Å².